The first-order valence-electron chi connectivity index (χ1n) is 30.6. The van der Waals surface area contributed by atoms with E-state index in [0.717, 1.165) is 53.8 Å². The van der Waals surface area contributed by atoms with Crippen LogP contribution in [0.2, 0.25) is 0 Å². The molecule has 5 unspecified atom stereocenters. The van der Waals surface area contributed by atoms with Crippen molar-refractivity contribution in [2.45, 2.75) is 319 Å². The van der Waals surface area contributed by atoms with Crippen molar-refractivity contribution >= 4 is 5.69 Å². The summed E-state index contributed by atoms with van der Waals surface area (Å²) in [7, 11) is 13.4. The fourth-order valence-electron chi connectivity index (χ4n) is 17.3. The highest BCUT2D eigenvalue weighted by Gasteiger charge is 2.56. The summed E-state index contributed by atoms with van der Waals surface area (Å²) < 4.78 is 0. The molecule has 2 saturated carbocycles. The summed E-state index contributed by atoms with van der Waals surface area (Å²) in [4.78, 5) is 12.9. The molecule has 6 bridgehead atoms. The molecule has 7 heterocycles. The number of anilines is 1. The zero-order chi connectivity index (χ0) is 56.5. The number of nitrogens with one attached hydrogen (secondary N) is 2. The lowest BCUT2D eigenvalue weighted by atomic mass is 9.53. The summed E-state index contributed by atoms with van der Waals surface area (Å²) in [5.41, 5.74) is 7.32. The second-order valence-corrected chi connectivity index (χ2v) is 33.2. The van der Waals surface area contributed by atoms with Crippen LogP contribution < -0.4 is 10.6 Å². The van der Waals surface area contributed by atoms with Gasteiger partial charge in [-0.3, -0.25) is 19.6 Å². The van der Waals surface area contributed by atoms with E-state index in [4.69, 9.17) is 0 Å². The molecule has 10 rings (SSSR count). The van der Waals surface area contributed by atoms with E-state index in [-0.39, 0.29) is 24.0 Å². The third kappa shape index (κ3) is 14.3. The summed E-state index contributed by atoms with van der Waals surface area (Å²) in [6, 6.07) is 10.1. The van der Waals surface area contributed by atoms with E-state index in [1.807, 2.05) is 7.05 Å². The van der Waals surface area contributed by atoms with Gasteiger partial charge in [0, 0.05) is 81.2 Å². The van der Waals surface area contributed by atoms with E-state index in [1.165, 1.54) is 100 Å². The normalized spacial score (nSPS) is 34.5. The first-order chi connectivity index (χ1) is 33.4. The Kier molecular flexibility index (Phi) is 20.3. The Hall–Kier alpha value is -1.22. The maximum Gasteiger partial charge on any atom is 0.0414 e. The summed E-state index contributed by atoms with van der Waals surface area (Å²) in [6.07, 6.45) is 18.3. The number of likely N-dealkylation sites (tertiary alicyclic amines) is 2. The first-order valence-corrected chi connectivity index (χ1v) is 30.6. The lowest BCUT2D eigenvalue weighted by Gasteiger charge is -2.64. The Balaban J connectivity index is 0.000000202. The summed E-state index contributed by atoms with van der Waals surface area (Å²) in [5.74, 6) is 4.82. The smallest absolute Gasteiger partial charge is 0.0414 e. The predicted molar refractivity (Wildman–Crippen MR) is 332 cm³/mol. The van der Waals surface area contributed by atoms with Gasteiger partial charge in [0.15, 0.2) is 0 Å². The molecule has 0 aromatic heterocycles. The second-order valence-electron chi connectivity index (χ2n) is 33.2. The van der Waals surface area contributed by atoms with Crippen molar-refractivity contribution in [3.8, 4) is 0 Å². The number of piperidine rings is 5. The Morgan fingerprint density at radius 3 is 1.40 bits per heavy atom. The van der Waals surface area contributed by atoms with Crippen molar-refractivity contribution in [2.24, 2.45) is 40.4 Å². The number of fused-ring (bicyclic) bond motifs is 3. The van der Waals surface area contributed by atoms with Crippen molar-refractivity contribution < 1.29 is 0 Å². The van der Waals surface area contributed by atoms with E-state index in [1.54, 1.807) is 0 Å². The fraction of sp³-hybridized carbons (Fsp3) is 0.912. The van der Waals surface area contributed by atoms with Crippen LogP contribution in [0.5, 0.6) is 0 Å². The average Bonchev–Trinajstić information content (AvgIpc) is 3.50. The van der Waals surface area contributed by atoms with Crippen molar-refractivity contribution in [3.05, 3.63) is 29.3 Å². The van der Waals surface area contributed by atoms with Gasteiger partial charge in [0.25, 0.3) is 0 Å². The molecule has 0 radical (unpaired) electrons. The van der Waals surface area contributed by atoms with E-state index >= 15 is 0 Å². The van der Waals surface area contributed by atoms with Gasteiger partial charge in [-0.1, -0.05) is 74.8 Å². The van der Waals surface area contributed by atoms with E-state index in [0.29, 0.717) is 38.5 Å². The van der Waals surface area contributed by atoms with Crippen LogP contribution in [0.1, 0.15) is 261 Å². The zero-order valence-electron chi connectivity index (χ0n) is 54.9. The molecule has 6 atom stereocenters. The van der Waals surface area contributed by atoms with Crippen molar-refractivity contribution in [2.75, 3.05) is 47.6 Å². The molecule has 8 fully saturated rings. The Bertz CT molecular complexity index is 1940. The Labute approximate surface area is 469 Å². The molecule has 6 saturated heterocycles. The van der Waals surface area contributed by atoms with Crippen molar-refractivity contribution in [3.63, 3.8) is 0 Å². The zero-order valence-corrected chi connectivity index (χ0v) is 54.9. The van der Waals surface area contributed by atoms with Crippen LogP contribution >= 0.6 is 0 Å². The fourth-order valence-corrected chi connectivity index (χ4v) is 17.3. The Morgan fingerprint density at radius 1 is 0.560 bits per heavy atom. The number of rotatable bonds is 3. The minimum atomic E-state index is 0. The molecule has 1 aromatic carbocycles. The molecule has 1 aromatic rings. The highest BCUT2D eigenvalue weighted by atomic mass is 15.3. The van der Waals surface area contributed by atoms with Crippen LogP contribution in [0.4, 0.5) is 5.69 Å². The van der Waals surface area contributed by atoms with Gasteiger partial charge >= 0.3 is 0 Å². The molecular weight excluding hydrogens is 915 g/mol. The van der Waals surface area contributed by atoms with E-state index in [9.17, 15) is 0 Å². The highest BCUT2D eigenvalue weighted by Crippen LogP contribution is 2.58. The van der Waals surface area contributed by atoms with E-state index < -0.39 is 0 Å². The van der Waals surface area contributed by atoms with Crippen LogP contribution in [0.25, 0.3) is 0 Å². The number of hydrogen-bond donors (Lipinski definition) is 2. The molecule has 7 nitrogen and oxygen atoms in total. The van der Waals surface area contributed by atoms with Gasteiger partial charge < -0.3 is 15.5 Å². The first kappa shape index (κ1) is 66.3. The third-order valence-corrected chi connectivity index (χ3v) is 22.8. The summed E-state index contributed by atoms with van der Waals surface area (Å²) in [5, 5.41) is 7.00. The van der Waals surface area contributed by atoms with E-state index in [2.05, 4.69) is 248 Å². The molecule has 75 heavy (non-hydrogen) atoms. The molecule has 7 heteroatoms. The maximum absolute atomic E-state index is 3.78. The number of nitrogens with zero attached hydrogens (tertiary/aromatic N) is 5. The molecule has 7 aliphatic heterocycles. The van der Waals surface area contributed by atoms with Crippen LogP contribution in [0.15, 0.2) is 18.2 Å². The lowest BCUT2D eigenvalue weighted by Crippen LogP contribution is -2.65. The standard InChI is InChI=1S/C14H22N2.C14H29N.C13H26N2.C13H23N.C13H27N.CH4/c1-13(2)11-8-7-10(15-5)9-12(11)14(3,4)16(13)6;1-12(2,3)11-9-13(4,5)15(8)14(6,7)10-11;1-13(2,3)14-10-8-11-6-5-7-12(9-10)15(11)4;1-4-12-9-5-11-6-10(12)8-13(2,7-9)14(11)3;1-11(2,3)10-9-12(4,5)14(8)13(10,6)7;/h7-9,15H,1-6H3;11H,9-10H2,1-8H3;10-12,14H,5-9H2,1-4H3;9-12H,4-8H2,1-3H3;10H,9H2,1-8H3;1H4/t;;10?,11-,12?;;;/m..0.../s1. The van der Waals surface area contributed by atoms with Gasteiger partial charge in [0.05, 0.1) is 0 Å². The molecular formula is C68H131N7. The topological polar surface area (TPSA) is 40.3 Å². The summed E-state index contributed by atoms with van der Waals surface area (Å²) >= 11 is 0. The van der Waals surface area contributed by atoms with Gasteiger partial charge in [0.1, 0.15) is 0 Å². The van der Waals surface area contributed by atoms with Crippen LogP contribution in [-0.2, 0) is 11.1 Å². The number of benzene rings is 1. The van der Waals surface area contributed by atoms with Crippen molar-refractivity contribution in [1.82, 2.24) is 29.8 Å². The van der Waals surface area contributed by atoms with Gasteiger partial charge in [-0.25, -0.2) is 0 Å². The maximum atomic E-state index is 3.78. The SMILES string of the molecule is C.CCC1C2CC3CC1CC(C)(C2)N3C.CN1C(C)(C)CC(C(C)(C)C)C1(C)C.CN1C(C)(C)CC(C(C)(C)C)CC1(C)C.CN1C2CCC[C@H]1CC(NC(C)(C)C)C2.CNc1ccc2c(c1)C(C)(C)N(C)C2(C)C. The monoisotopic (exact) mass is 1050 g/mol. The lowest BCUT2D eigenvalue weighted by molar-refractivity contribution is -0.131. The van der Waals surface area contributed by atoms with Crippen LogP contribution in [-0.4, -0.2) is 124 Å². The highest BCUT2D eigenvalue weighted by molar-refractivity contribution is 5.54. The third-order valence-electron chi connectivity index (χ3n) is 22.8. The van der Waals surface area contributed by atoms with Crippen LogP contribution in [0.3, 0.4) is 0 Å². The molecule has 2 aliphatic carbocycles. The quantitative estimate of drug-likeness (QED) is 0.313. The predicted octanol–water partition coefficient (Wildman–Crippen LogP) is 16.5. The van der Waals surface area contributed by atoms with Crippen LogP contribution in [0, 0.1) is 40.4 Å². The largest absolute Gasteiger partial charge is 0.388 e. The second kappa shape index (κ2) is 23.0. The van der Waals surface area contributed by atoms with Gasteiger partial charge in [0.2, 0.25) is 0 Å². The minimum absolute atomic E-state index is 0. The minimum Gasteiger partial charge on any atom is -0.388 e. The molecule has 2 N–H and O–H groups in total. The van der Waals surface area contributed by atoms with Gasteiger partial charge in [-0.15, -0.1) is 0 Å². The average molecular weight is 1050 g/mol. The Morgan fingerprint density at radius 2 is 1.03 bits per heavy atom. The molecule has 9 aliphatic rings. The van der Waals surface area contributed by atoms with Gasteiger partial charge in [-0.05, 0) is 280 Å². The van der Waals surface area contributed by atoms with Gasteiger partial charge in [-0.2, -0.15) is 0 Å². The summed E-state index contributed by atoms with van der Waals surface area (Å²) in [6.45, 7) is 54.2. The molecule has 438 valence electrons. The molecule has 0 spiro atoms. The van der Waals surface area contributed by atoms with Crippen molar-refractivity contribution in [1.29, 1.82) is 0 Å². The molecule has 0 amide bonds. The number of hydrogen-bond acceptors (Lipinski definition) is 7.